The Hall–Kier alpha value is 0.620. The first-order valence-electron chi connectivity index (χ1n) is 7.80. The Labute approximate surface area is 139 Å². The van der Waals surface area contributed by atoms with Gasteiger partial charge in [-0.25, -0.2) is 0 Å². The predicted octanol–water partition coefficient (Wildman–Crippen LogP) is 7.42. The summed E-state index contributed by atoms with van der Waals surface area (Å²) in [5, 5.41) is 0. The molecule has 4 heteroatoms. The molecule has 0 saturated carbocycles. The lowest BCUT2D eigenvalue weighted by Gasteiger charge is -2.05. The smallest absolute Gasteiger partial charge is 0.0700 e. The van der Waals surface area contributed by atoms with Crippen LogP contribution in [0.1, 0.15) is 64.2 Å². The highest BCUT2D eigenvalue weighted by Gasteiger charge is 2.30. The van der Waals surface area contributed by atoms with Crippen LogP contribution in [0.3, 0.4) is 0 Å². The van der Waals surface area contributed by atoms with Gasteiger partial charge >= 0.3 is 0 Å². The van der Waals surface area contributed by atoms with E-state index in [9.17, 15) is 0 Å². The van der Waals surface area contributed by atoms with Crippen LogP contribution in [-0.2, 0) is 0 Å². The molecular formula is C16H20S4. The molecule has 0 N–H and O–H groups in total. The minimum absolute atomic E-state index is 1.34. The van der Waals surface area contributed by atoms with E-state index in [0.717, 1.165) is 0 Å². The second kappa shape index (κ2) is 6.39. The van der Waals surface area contributed by atoms with Crippen LogP contribution in [-0.4, -0.2) is 0 Å². The topological polar surface area (TPSA) is 0 Å². The summed E-state index contributed by atoms with van der Waals surface area (Å²) in [6.07, 6.45) is 13.8. The SMILES string of the molecule is C1CCC2=C(CC1)SC(=C1SC3=C(CCCCC3)S1)S2. The third-order valence-corrected chi connectivity index (χ3v) is 10.4. The molecule has 0 aromatic rings. The highest BCUT2D eigenvalue weighted by atomic mass is 32.2. The van der Waals surface area contributed by atoms with Crippen molar-refractivity contribution in [2.24, 2.45) is 0 Å². The van der Waals surface area contributed by atoms with Gasteiger partial charge in [0.2, 0.25) is 0 Å². The second-order valence-corrected chi connectivity index (χ2v) is 10.7. The van der Waals surface area contributed by atoms with Gasteiger partial charge in [-0.2, -0.15) is 0 Å². The maximum atomic E-state index is 2.11. The van der Waals surface area contributed by atoms with E-state index in [1.54, 1.807) is 28.1 Å². The molecule has 108 valence electrons. The monoisotopic (exact) mass is 340 g/mol. The highest BCUT2D eigenvalue weighted by molar-refractivity contribution is 8.34. The fourth-order valence-corrected chi connectivity index (χ4v) is 9.26. The van der Waals surface area contributed by atoms with E-state index in [2.05, 4.69) is 47.0 Å². The number of hydrogen-bond acceptors (Lipinski definition) is 4. The summed E-state index contributed by atoms with van der Waals surface area (Å²) < 4.78 is 3.22. The van der Waals surface area contributed by atoms with Gasteiger partial charge in [-0.1, -0.05) is 59.9 Å². The van der Waals surface area contributed by atoms with E-state index in [1.165, 1.54) is 64.2 Å². The molecule has 2 aliphatic heterocycles. The van der Waals surface area contributed by atoms with E-state index in [0.29, 0.717) is 0 Å². The Morgan fingerprint density at radius 3 is 1.00 bits per heavy atom. The maximum Gasteiger partial charge on any atom is 0.0700 e. The van der Waals surface area contributed by atoms with Crippen molar-refractivity contribution in [3.05, 3.63) is 28.1 Å². The van der Waals surface area contributed by atoms with Gasteiger partial charge in [0.1, 0.15) is 0 Å². The zero-order valence-corrected chi connectivity index (χ0v) is 15.0. The number of thioether (sulfide) groups is 4. The van der Waals surface area contributed by atoms with Gasteiger partial charge in [0.05, 0.1) is 8.47 Å². The number of rotatable bonds is 0. The fourth-order valence-electron chi connectivity index (χ4n) is 3.14. The molecule has 4 aliphatic rings. The summed E-state index contributed by atoms with van der Waals surface area (Å²) in [6.45, 7) is 0. The largest absolute Gasteiger partial charge is 0.0846 e. The molecule has 0 unspecified atom stereocenters. The van der Waals surface area contributed by atoms with Gasteiger partial charge in [0.25, 0.3) is 0 Å². The van der Waals surface area contributed by atoms with Gasteiger partial charge in [-0.05, 0) is 51.4 Å². The molecule has 2 aliphatic carbocycles. The summed E-state index contributed by atoms with van der Waals surface area (Å²) in [7, 11) is 0. The summed E-state index contributed by atoms with van der Waals surface area (Å²) in [4.78, 5) is 6.83. The zero-order chi connectivity index (χ0) is 13.4. The molecule has 0 nitrogen and oxygen atoms in total. The molecule has 0 fully saturated rings. The van der Waals surface area contributed by atoms with Crippen LogP contribution in [0, 0.1) is 0 Å². The van der Waals surface area contributed by atoms with Gasteiger partial charge in [0.15, 0.2) is 0 Å². The van der Waals surface area contributed by atoms with Crippen LogP contribution >= 0.6 is 47.0 Å². The lowest BCUT2D eigenvalue weighted by Crippen LogP contribution is -1.77. The molecule has 0 atom stereocenters. The lowest BCUT2D eigenvalue weighted by atomic mass is 10.2. The zero-order valence-electron chi connectivity index (χ0n) is 11.7. The van der Waals surface area contributed by atoms with Crippen molar-refractivity contribution in [1.29, 1.82) is 0 Å². The van der Waals surface area contributed by atoms with E-state index >= 15 is 0 Å². The Kier molecular flexibility index (Phi) is 4.55. The molecule has 20 heavy (non-hydrogen) atoms. The minimum Gasteiger partial charge on any atom is -0.0846 e. The minimum atomic E-state index is 1.34. The van der Waals surface area contributed by atoms with Crippen molar-refractivity contribution in [3.63, 3.8) is 0 Å². The number of hydrogen-bond donors (Lipinski definition) is 0. The molecule has 0 radical (unpaired) electrons. The quantitative estimate of drug-likeness (QED) is 0.449. The molecular weight excluding hydrogens is 320 g/mol. The molecule has 4 rings (SSSR count). The van der Waals surface area contributed by atoms with E-state index in [4.69, 9.17) is 0 Å². The first kappa shape index (κ1) is 14.2. The van der Waals surface area contributed by atoms with E-state index < -0.39 is 0 Å². The summed E-state index contributed by atoms with van der Waals surface area (Å²) >= 11 is 8.44. The fraction of sp³-hybridized carbons (Fsp3) is 0.625. The van der Waals surface area contributed by atoms with Crippen molar-refractivity contribution in [3.8, 4) is 0 Å². The average molecular weight is 341 g/mol. The van der Waals surface area contributed by atoms with Crippen LogP contribution in [0.2, 0.25) is 0 Å². The molecule has 0 bridgehead atoms. The number of allylic oxidation sites excluding steroid dienone is 4. The Morgan fingerprint density at radius 1 is 0.400 bits per heavy atom. The Bertz CT molecular complexity index is 427. The predicted molar refractivity (Wildman–Crippen MR) is 97.6 cm³/mol. The first-order chi connectivity index (χ1) is 9.90. The van der Waals surface area contributed by atoms with Crippen LogP contribution in [0.15, 0.2) is 28.1 Å². The van der Waals surface area contributed by atoms with Crippen LogP contribution in [0.4, 0.5) is 0 Å². The molecule has 0 saturated heterocycles. The van der Waals surface area contributed by atoms with E-state index in [1.807, 2.05) is 0 Å². The summed E-state index contributed by atoms with van der Waals surface area (Å²) in [5.74, 6) is 0. The van der Waals surface area contributed by atoms with Crippen LogP contribution < -0.4 is 0 Å². The van der Waals surface area contributed by atoms with Gasteiger partial charge < -0.3 is 0 Å². The van der Waals surface area contributed by atoms with Crippen molar-refractivity contribution in [1.82, 2.24) is 0 Å². The van der Waals surface area contributed by atoms with Crippen LogP contribution in [0.25, 0.3) is 0 Å². The normalized spacial score (nSPS) is 27.6. The average Bonchev–Trinajstić information content (AvgIpc) is 2.89. The van der Waals surface area contributed by atoms with Gasteiger partial charge in [0, 0.05) is 19.6 Å². The Morgan fingerprint density at radius 2 is 0.700 bits per heavy atom. The van der Waals surface area contributed by atoms with Gasteiger partial charge in [-0.3, -0.25) is 0 Å². The van der Waals surface area contributed by atoms with Crippen molar-refractivity contribution in [2.75, 3.05) is 0 Å². The molecule has 0 aromatic heterocycles. The van der Waals surface area contributed by atoms with Crippen molar-refractivity contribution >= 4 is 47.0 Å². The maximum absolute atomic E-state index is 2.11. The molecule has 0 spiro atoms. The van der Waals surface area contributed by atoms with Crippen LogP contribution in [0.5, 0.6) is 0 Å². The lowest BCUT2D eigenvalue weighted by molar-refractivity contribution is 0.715. The second-order valence-electron chi connectivity index (χ2n) is 5.80. The molecule has 0 aromatic carbocycles. The van der Waals surface area contributed by atoms with Crippen molar-refractivity contribution < 1.29 is 0 Å². The first-order valence-corrected chi connectivity index (χ1v) is 11.1. The third kappa shape index (κ3) is 2.90. The third-order valence-electron chi connectivity index (χ3n) is 4.27. The van der Waals surface area contributed by atoms with Crippen molar-refractivity contribution in [2.45, 2.75) is 64.2 Å². The van der Waals surface area contributed by atoms with Gasteiger partial charge in [-0.15, -0.1) is 0 Å². The molecule has 0 amide bonds. The van der Waals surface area contributed by atoms with E-state index in [-0.39, 0.29) is 0 Å². The summed E-state index contributed by atoms with van der Waals surface area (Å²) in [6, 6.07) is 0. The summed E-state index contributed by atoms with van der Waals surface area (Å²) in [5.41, 5.74) is 0. The highest BCUT2D eigenvalue weighted by Crippen LogP contribution is 2.63. The standard InChI is InChI=1S/C16H20S4/c1-3-7-11-12(8-4-1)18-15(17-11)16-19-13-9-5-2-6-10-14(13)20-16/h1-10H2. The Balaban J connectivity index is 1.50. The molecule has 2 heterocycles.